The average molecular weight is 289 g/mol. The minimum absolute atomic E-state index is 0.0282. The molecule has 20 heavy (non-hydrogen) atoms. The minimum atomic E-state index is -0.0282. The number of hydrogen-bond acceptors (Lipinski definition) is 3. The van der Waals surface area contributed by atoms with Crippen molar-refractivity contribution in [1.82, 2.24) is 5.32 Å². The van der Waals surface area contributed by atoms with E-state index in [1.54, 1.807) is 0 Å². The fourth-order valence-corrected chi connectivity index (χ4v) is 2.44. The maximum Gasteiger partial charge on any atom is 0.261 e. The highest BCUT2D eigenvalue weighted by molar-refractivity contribution is 7.12. The van der Waals surface area contributed by atoms with Crippen LogP contribution in [0.15, 0.2) is 41.8 Å². The SMILES string of the molecule is CC(C)OCc1ccccc1CNC(=O)c1cccs1. The van der Waals surface area contributed by atoms with E-state index in [1.165, 1.54) is 11.3 Å². The maximum atomic E-state index is 11.9. The van der Waals surface area contributed by atoms with Crippen LogP contribution in [-0.2, 0) is 17.9 Å². The van der Waals surface area contributed by atoms with E-state index in [2.05, 4.69) is 5.32 Å². The Bertz CT molecular complexity index is 549. The Morgan fingerprint density at radius 1 is 1.20 bits per heavy atom. The highest BCUT2D eigenvalue weighted by Gasteiger charge is 2.08. The first kappa shape index (κ1) is 14.8. The first-order chi connectivity index (χ1) is 9.66. The summed E-state index contributed by atoms with van der Waals surface area (Å²) in [4.78, 5) is 12.7. The van der Waals surface area contributed by atoms with E-state index in [0.29, 0.717) is 13.2 Å². The summed E-state index contributed by atoms with van der Waals surface area (Å²) in [6.07, 6.45) is 0.198. The van der Waals surface area contributed by atoms with E-state index in [0.717, 1.165) is 16.0 Å². The van der Waals surface area contributed by atoms with Gasteiger partial charge in [-0.05, 0) is 36.4 Å². The highest BCUT2D eigenvalue weighted by atomic mass is 32.1. The van der Waals surface area contributed by atoms with Crippen molar-refractivity contribution >= 4 is 17.2 Å². The monoisotopic (exact) mass is 289 g/mol. The van der Waals surface area contributed by atoms with Gasteiger partial charge in [-0.15, -0.1) is 11.3 Å². The zero-order valence-electron chi connectivity index (χ0n) is 11.8. The van der Waals surface area contributed by atoms with E-state index < -0.39 is 0 Å². The lowest BCUT2D eigenvalue weighted by Crippen LogP contribution is -2.22. The molecule has 0 atom stereocenters. The number of carbonyl (C=O) groups excluding carboxylic acids is 1. The van der Waals surface area contributed by atoms with Gasteiger partial charge < -0.3 is 10.1 Å². The number of amides is 1. The normalized spacial score (nSPS) is 10.8. The standard InChI is InChI=1S/C16H19NO2S/c1-12(2)19-11-14-7-4-3-6-13(14)10-17-16(18)15-8-5-9-20-15/h3-9,12H,10-11H2,1-2H3,(H,17,18). The van der Waals surface area contributed by atoms with Crippen molar-refractivity contribution in [2.24, 2.45) is 0 Å². The molecule has 0 bridgehead atoms. The molecule has 0 aliphatic heterocycles. The van der Waals surface area contributed by atoms with Gasteiger partial charge in [-0.3, -0.25) is 4.79 Å². The van der Waals surface area contributed by atoms with Gasteiger partial charge in [-0.25, -0.2) is 0 Å². The maximum absolute atomic E-state index is 11.9. The van der Waals surface area contributed by atoms with Crippen LogP contribution in [0, 0.1) is 0 Å². The zero-order chi connectivity index (χ0) is 14.4. The molecule has 2 rings (SSSR count). The third kappa shape index (κ3) is 4.18. The number of ether oxygens (including phenoxy) is 1. The second kappa shape index (κ2) is 7.22. The molecule has 0 spiro atoms. The van der Waals surface area contributed by atoms with E-state index in [1.807, 2.05) is 55.6 Å². The Balaban J connectivity index is 1.97. The van der Waals surface area contributed by atoms with Gasteiger partial charge in [0.05, 0.1) is 17.6 Å². The fourth-order valence-electron chi connectivity index (χ4n) is 1.80. The number of hydrogen-bond donors (Lipinski definition) is 1. The molecule has 1 amide bonds. The largest absolute Gasteiger partial charge is 0.374 e. The smallest absolute Gasteiger partial charge is 0.261 e. The molecule has 1 N–H and O–H groups in total. The Hall–Kier alpha value is -1.65. The molecule has 0 aliphatic carbocycles. The van der Waals surface area contributed by atoms with E-state index >= 15 is 0 Å². The second-order valence-corrected chi connectivity index (χ2v) is 5.74. The van der Waals surface area contributed by atoms with Gasteiger partial charge >= 0.3 is 0 Å². The van der Waals surface area contributed by atoms with Gasteiger partial charge in [0.2, 0.25) is 0 Å². The zero-order valence-corrected chi connectivity index (χ0v) is 12.6. The molecule has 0 fully saturated rings. The van der Waals surface area contributed by atoms with Crippen molar-refractivity contribution in [3.63, 3.8) is 0 Å². The highest BCUT2D eigenvalue weighted by Crippen LogP contribution is 2.12. The van der Waals surface area contributed by atoms with Crippen molar-refractivity contribution in [1.29, 1.82) is 0 Å². The number of rotatable bonds is 6. The molecule has 0 aliphatic rings. The number of benzene rings is 1. The minimum Gasteiger partial charge on any atom is -0.374 e. The Morgan fingerprint density at radius 3 is 2.60 bits per heavy atom. The van der Waals surface area contributed by atoms with Gasteiger partial charge in [0, 0.05) is 6.54 Å². The summed E-state index contributed by atoms with van der Waals surface area (Å²) in [7, 11) is 0. The number of carbonyl (C=O) groups is 1. The molecule has 1 heterocycles. The van der Waals surface area contributed by atoms with E-state index in [9.17, 15) is 4.79 Å². The van der Waals surface area contributed by atoms with Crippen LogP contribution >= 0.6 is 11.3 Å². The molecule has 0 saturated carbocycles. The van der Waals surface area contributed by atoms with Crippen LogP contribution in [0.25, 0.3) is 0 Å². The molecular weight excluding hydrogens is 270 g/mol. The van der Waals surface area contributed by atoms with E-state index in [4.69, 9.17) is 4.74 Å². The van der Waals surface area contributed by atoms with Gasteiger partial charge in [0.1, 0.15) is 0 Å². The van der Waals surface area contributed by atoms with Crippen LogP contribution in [0.2, 0.25) is 0 Å². The third-order valence-corrected chi connectivity index (χ3v) is 3.74. The molecule has 1 aromatic heterocycles. The van der Waals surface area contributed by atoms with Crippen LogP contribution in [0.3, 0.4) is 0 Å². The predicted molar refractivity (Wildman–Crippen MR) is 81.9 cm³/mol. The van der Waals surface area contributed by atoms with E-state index in [-0.39, 0.29) is 12.0 Å². The fraction of sp³-hybridized carbons (Fsp3) is 0.312. The Morgan fingerprint density at radius 2 is 1.95 bits per heavy atom. The van der Waals surface area contributed by atoms with Crippen LogP contribution in [0.4, 0.5) is 0 Å². The van der Waals surface area contributed by atoms with Gasteiger partial charge in [0.25, 0.3) is 5.91 Å². The summed E-state index contributed by atoms with van der Waals surface area (Å²) in [5.41, 5.74) is 2.21. The lowest BCUT2D eigenvalue weighted by molar-refractivity contribution is 0.0651. The quantitative estimate of drug-likeness (QED) is 0.882. The number of nitrogens with one attached hydrogen (secondary N) is 1. The van der Waals surface area contributed by atoms with Gasteiger partial charge in [0.15, 0.2) is 0 Å². The summed E-state index contributed by atoms with van der Waals surface area (Å²) in [5.74, 6) is -0.0282. The summed E-state index contributed by atoms with van der Waals surface area (Å²) < 4.78 is 5.64. The van der Waals surface area contributed by atoms with Gasteiger partial charge in [-0.2, -0.15) is 0 Å². The first-order valence-corrected chi connectivity index (χ1v) is 7.55. The molecule has 3 nitrogen and oxygen atoms in total. The second-order valence-electron chi connectivity index (χ2n) is 4.79. The summed E-state index contributed by atoms with van der Waals surface area (Å²) in [5, 5.41) is 4.85. The summed E-state index contributed by atoms with van der Waals surface area (Å²) in [6.45, 7) is 5.12. The molecule has 0 saturated heterocycles. The van der Waals surface area contributed by atoms with Crippen molar-refractivity contribution in [3.8, 4) is 0 Å². The van der Waals surface area contributed by atoms with Crippen molar-refractivity contribution in [3.05, 3.63) is 57.8 Å². The topological polar surface area (TPSA) is 38.3 Å². The first-order valence-electron chi connectivity index (χ1n) is 6.67. The van der Waals surface area contributed by atoms with Crippen LogP contribution in [0.5, 0.6) is 0 Å². The lowest BCUT2D eigenvalue weighted by atomic mass is 10.1. The third-order valence-electron chi connectivity index (χ3n) is 2.87. The average Bonchev–Trinajstić information content (AvgIpc) is 2.97. The van der Waals surface area contributed by atoms with Crippen molar-refractivity contribution in [2.75, 3.05) is 0 Å². The van der Waals surface area contributed by atoms with Gasteiger partial charge in [-0.1, -0.05) is 30.3 Å². The molecular formula is C16H19NO2S. The molecule has 0 unspecified atom stereocenters. The van der Waals surface area contributed by atoms with Crippen molar-refractivity contribution in [2.45, 2.75) is 33.1 Å². The molecule has 1 aromatic carbocycles. The Labute approximate surface area is 123 Å². The molecule has 2 aromatic rings. The molecule has 106 valence electrons. The van der Waals surface area contributed by atoms with Crippen LogP contribution < -0.4 is 5.32 Å². The number of thiophene rings is 1. The Kier molecular flexibility index (Phi) is 5.32. The summed E-state index contributed by atoms with van der Waals surface area (Å²) >= 11 is 1.45. The van der Waals surface area contributed by atoms with Crippen LogP contribution in [-0.4, -0.2) is 12.0 Å². The van der Waals surface area contributed by atoms with Crippen molar-refractivity contribution < 1.29 is 9.53 Å². The lowest BCUT2D eigenvalue weighted by Gasteiger charge is -2.12. The molecule has 4 heteroatoms. The van der Waals surface area contributed by atoms with Crippen LogP contribution in [0.1, 0.15) is 34.6 Å². The predicted octanol–water partition coefficient (Wildman–Crippen LogP) is 3.60. The molecule has 0 radical (unpaired) electrons. The summed E-state index contributed by atoms with van der Waals surface area (Å²) in [6, 6.07) is 11.7.